The number of carbonyl (C=O) groups excluding carboxylic acids is 1. The molecule has 0 unspecified atom stereocenters. The number of allylic oxidation sites excluding steroid dienone is 6. The summed E-state index contributed by atoms with van der Waals surface area (Å²) in [5.41, 5.74) is 0.851. The number of esters is 1. The Morgan fingerprint density at radius 1 is 1.21 bits per heavy atom. The topological polar surface area (TPSA) is 26.3 Å². The molecule has 0 aromatic rings. The summed E-state index contributed by atoms with van der Waals surface area (Å²) < 4.78 is 4.48. The number of carbonyl (C=O) groups is 1. The minimum atomic E-state index is -0.337. The van der Waals surface area contributed by atoms with E-state index in [1.165, 1.54) is 13.2 Å². The van der Waals surface area contributed by atoms with E-state index in [0.717, 1.165) is 5.57 Å². The van der Waals surface area contributed by atoms with Gasteiger partial charge in [0.25, 0.3) is 0 Å². The normalized spacial score (nSPS) is 13.2. The summed E-state index contributed by atoms with van der Waals surface area (Å²) in [6.45, 7) is 1.83. The average Bonchev–Trinajstić information content (AvgIpc) is 2.17. The van der Waals surface area contributed by atoms with E-state index in [4.69, 9.17) is 0 Å². The first-order chi connectivity index (χ1) is 6.70. The van der Waals surface area contributed by atoms with Crippen LogP contribution in [0.1, 0.15) is 6.92 Å². The van der Waals surface area contributed by atoms with E-state index in [1.54, 1.807) is 4.99 Å². The molecule has 0 amide bonds. The van der Waals surface area contributed by atoms with Crippen molar-refractivity contribution in [2.75, 3.05) is 7.11 Å². The van der Waals surface area contributed by atoms with E-state index in [0.29, 0.717) is 0 Å². The van der Waals surface area contributed by atoms with Gasteiger partial charge < -0.3 is 4.74 Å². The van der Waals surface area contributed by atoms with Crippen molar-refractivity contribution in [1.29, 1.82) is 0 Å². The fourth-order valence-electron chi connectivity index (χ4n) is 0.671. The van der Waals surface area contributed by atoms with E-state index in [2.05, 4.69) is 20.7 Å². The zero-order valence-corrected chi connectivity index (χ0v) is 9.82. The van der Waals surface area contributed by atoms with E-state index in [9.17, 15) is 4.79 Å². The Balaban J connectivity index is 4.11. The largest absolute Gasteiger partial charge is 0.466 e. The van der Waals surface area contributed by atoms with Crippen molar-refractivity contribution in [3.63, 3.8) is 0 Å². The number of rotatable bonds is 4. The maximum absolute atomic E-state index is 10.8. The number of methoxy groups -OCH3 is 1. The lowest BCUT2D eigenvalue weighted by molar-refractivity contribution is -0.134. The molecule has 0 aliphatic carbocycles. The lowest BCUT2D eigenvalue weighted by Gasteiger charge is -1.91. The van der Waals surface area contributed by atoms with Gasteiger partial charge in [0.15, 0.2) is 0 Å². The summed E-state index contributed by atoms with van der Waals surface area (Å²) in [7, 11) is 1.36. The Morgan fingerprint density at radius 2 is 1.86 bits per heavy atom. The minimum absolute atomic E-state index is 0.337. The number of halogens is 1. The van der Waals surface area contributed by atoms with Crippen LogP contribution in [0.3, 0.4) is 0 Å². The Bertz CT molecular complexity index is 286. The van der Waals surface area contributed by atoms with Gasteiger partial charge in [-0.2, -0.15) is 0 Å². The zero-order valence-electron chi connectivity index (χ0n) is 8.24. The van der Waals surface area contributed by atoms with Gasteiger partial charge in [0.2, 0.25) is 0 Å². The molecular formula is C11H13BrO2. The monoisotopic (exact) mass is 256 g/mol. The molecule has 0 saturated carbocycles. The first-order valence-corrected chi connectivity index (χ1v) is 4.98. The highest BCUT2D eigenvalue weighted by Gasteiger charge is 1.91. The summed E-state index contributed by atoms with van der Waals surface area (Å²) in [4.78, 5) is 12.5. The third kappa shape index (κ3) is 7.55. The molecule has 0 fully saturated rings. The van der Waals surface area contributed by atoms with Crippen LogP contribution in [0.15, 0.2) is 47.0 Å². The van der Waals surface area contributed by atoms with Gasteiger partial charge >= 0.3 is 5.97 Å². The SMILES string of the molecule is COC(=O)/C=C(C)/C=C/C=C/C=C/Br. The van der Waals surface area contributed by atoms with Crippen LogP contribution in [0.5, 0.6) is 0 Å². The molecule has 3 heteroatoms. The van der Waals surface area contributed by atoms with Crippen LogP contribution in [-0.4, -0.2) is 13.1 Å². The Labute approximate surface area is 92.8 Å². The molecule has 0 aliphatic rings. The molecular weight excluding hydrogens is 244 g/mol. The van der Waals surface area contributed by atoms with Gasteiger partial charge in [-0.3, -0.25) is 0 Å². The zero-order chi connectivity index (χ0) is 10.8. The number of ether oxygens (including phenoxy) is 1. The van der Waals surface area contributed by atoms with Crippen molar-refractivity contribution in [2.45, 2.75) is 6.92 Å². The molecule has 0 rings (SSSR count). The smallest absolute Gasteiger partial charge is 0.330 e. The third-order valence-electron chi connectivity index (χ3n) is 1.31. The Hall–Kier alpha value is -1.09. The standard InChI is InChI=1S/C11H13BrO2/c1-10(9-11(13)14-2)7-5-3-4-6-8-12/h3-9H,1-2H3/b4-3+,7-5+,8-6+,10-9+. The van der Waals surface area contributed by atoms with Crippen LogP contribution < -0.4 is 0 Å². The summed E-state index contributed by atoms with van der Waals surface area (Å²) in [6.07, 6.45) is 10.7. The fourth-order valence-corrected chi connectivity index (χ4v) is 0.847. The van der Waals surface area contributed by atoms with Crippen LogP contribution in [-0.2, 0) is 9.53 Å². The summed E-state index contributed by atoms with van der Waals surface area (Å²) in [5.74, 6) is -0.337. The first kappa shape index (κ1) is 12.9. The van der Waals surface area contributed by atoms with E-state index >= 15 is 0 Å². The van der Waals surface area contributed by atoms with Crippen molar-refractivity contribution in [3.05, 3.63) is 47.0 Å². The maximum atomic E-state index is 10.8. The molecule has 0 saturated heterocycles. The quantitative estimate of drug-likeness (QED) is 0.439. The molecule has 2 nitrogen and oxygen atoms in total. The van der Waals surface area contributed by atoms with Gasteiger partial charge in [0.05, 0.1) is 7.11 Å². The molecule has 0 N–H and O–H groups in total. The van der Waals surface area contributed by atoms with Crippen LogP contribution >= 0.6 is 15.9 Å². The van der Waals surface area contributed by atoms with Crippen LogP contribution in [0.25, 0.3) is 0 Å². The first-order valence-electron chi connectivity index (χ1n) is 4.07. The maximum Gasteiger partial charge on any atom is 0.330 e. The van der Waals surface area contributed by atoms with Crippen LogP contribution in [0.4, 0.5) is 0 Å². The number of hydrogen-bond acceptors (Lipinski definition) is 2. The molecule has 0 bridgehead atoms. The average molecular weight is 257 g/mol. The third-order valence-corrected chi connectivity index (χ3v) is 1.62. The molecule has 0 spiro atoms. The van der Waals surface area contributed by atoms with Gasteiger partial charge in [0, 0.05) is 6.08 Å². The second-order valence-corrected chi connectivity index (χ2v) is 3.00. The summed E-state index contributed by atoms with van der Waals surface area (Å²) in [5, 5.41) is 0. The number of hydrogen-bond donors (Lipinski definition) is 0. The highest BCUT2D eigenvalue weighted by atomic mass is 79.9. The lowest BCUT2D eigenvalue weighted by atomic mass is 10.2. The molecule has 0 aromatic heterocycles. The molecule has 14 heavy (non-hydrogen) atoms. The van der Waals surface area contributed by atoms with Crippen LogP contribution in [0.2, 0.25) is 0 Å². The van der Waals surface area contributed by atoms with Crippen molar-refractivity contribution in [1.82, 2.24) is 0 Å². The molecule has 0 radical (unpaired) electrons. The Morgan fingerprint density at radius 3 is 2.43 bits per heavy atom. The molecule has 76 valence electrons. The molecule has 0 aromatic carbocycles. The van der Waals surface area contributed by atoms with Crippen LogP contribution in [0, 0.1) is 0 Å². The lowest BCUT2D eigenvalue weighted by Crippen LogP contribution is -1.94. The minimum Gasteiger partial charge on any atom is -0.466 e. The predicted molar refractivity (Wildman–Crippen MR) is 62.1 cm³/mol. The van der Waals surface area contributed by atoms with Crippen molar-refractivity contribution < 1.29 is 9.53 Å². The fraction of sp³-hybridized carbons (Fsp3) is 0.182. The second-order valence-electron chi connectivity index (χ2n) is 2.47. The second kappa shape index (κ2) is 8.51. The highest BCUT2D eigenvalue weighted by molar-refractivity contribution is 9.11. The molecule has 0 atom stereocenters. The molecule has 0 heterocycles. The van der Waals surface area contributed by atoms with Crippen molar-refractivity contribution >= 4 is 21.9 Å². The predicted octanol–water partition coefficient (Wildman–Crippen LogP) is 3.13. The van der Waals surface area contributed by atoms with E-state index in [1.807, 2.05) is 37.3 Å². The van der Waals surface area contributed by atoms with Gasteiger partial charge in [-0.1, -0.05) is 46.3 Å². The molecule has 0 aliphatic heterocycles. The van der Waals surface area contributed by atoms with E-state index in [-0.39, 0.29) is 5.97 Å². The van der Waals surface area contributed by atoms with Gasteiger partial charge in [-0.15, -0.1) is 0 Å². The van der Waals surface area contributed by atoms with Crippen molar-refractivity contribution in [2.24, 2.45) is 0 Å². The summed E-state index contributed by atoms with van der Waals surface area (Å²) >= 11 is 3.14. The van der Waals surface area contributed by atoms with Gasteiger partial charge in [-0.25, -0.2) is 4.79 Å². The van der Waals surface area contributed by atoms with Crippen molar-refractivity contribution in [3.8, 4) is 0 Å². The van der Waals surface area contributed by atoms with Gasteiger partial charge in [-0.05, 0) is 17.5 Å². The van der Waals surface area contributed by atoms with E-state index < -0.39 is 0 Å². The Kier molecular flexibility index (Phi) is 7.84. The van der Waals surface area contributed by atoms with Gasteiger partial charge in [0.1, 0.15) is 0 Å². The summed E-state index contributed by atoms with van der Waals surface area (Å²) in [6, 6.07) is 0. The highest BCUT2D eigenvalue weighted by Crippen LogP contribution is 1.96.